The lowest BCUT2D eigenvalue weighted by molar-refractivity contribution is -0.387. The van der Waals surface area contributed by atoms with Gasteiger partial charge in [0.15, 0.2) is 5.82 Å². The van der Waals surface area contributed by atoms with E-state index in [4.69, 9.17) is 9.47 Å². The molecule has 0 amide bonds. The Balaban J connectivity index is 1.91. The average molecular weight is 372 g/mol. The lowest BCUT2D eigenvalue weighted by Crippen LogP contribution is -1.92. The predicted molar refractivity (Wildman–Crippen MR) is 96.9 cm³/mol. The number of methoxy groups -OCH3 is 2. The Hall–Kier alpha value is -3.07. The molecular weight excluding hydrogens is 356 g/mol. The lowest BCUT2D eigenvalue weighted by Gasteiger charge is -2.07. The van der Waals surface area contributed by atoms with Gasteiger partial charge in [0.25, 0.3) is 5.69 Å². The molecule has 3 rings (SSSR count). The molecule has 9 heteroatoms. The van der Waals surface area contributed by atoms with E-state index in [0.717, 1.165) is 17.3 Å². The van der Waals surface area contributed by atoms with Crippen LogP contribution < -0.4 is 9.47 Å². The highest BCUT2D eigenvalue weighted by atomic mass is 32.2. The molecule has 1 N–H and O–H groups in total. The van der Waals surface area contributed by atoms with Crippen molar-refractivity contribution >= 4 is 17.4 Å². The number of ether oxygens (including phenoxy) is 2. The van der Waals surface area contributed by atoms with Gasteiger partial charge in [-0.05, 0) is 42.4 Å². The van der Waals surface area contributed by atoms with E-state index in [9.17, 15) is 10.1 Å². The third kappa shape index (κ3) is 3.62. The van der Waals surface area contributed by atoms with E-state index in [0.29, 0.717) is 32.9 Å². The highest BCUT2D eigenvalue weighted by molar-refractivity contribution is 7.99. The molecule has 3 aromatic rings. The minimum Gasteiger partial charge on any atom is -0.497 e. The molecule has 0 unspecified atom stereocenters. The van der Waals surface area contributed by atoms with Crippen LogP contribution in [0.1, 0.15) is 5.56 Å². The first kappa shape index (κ1) is 17.7. The zero-order chi connectivity index (χ0) is 18.7. The normalized spacial score (nSPS) is 10.6. The molecule has 1 aromatic heterocycles. The minimum atomic E-state index is -0.407. The van der Waals surface area contributed by atoms with E-state index in [1.165, 1.54) is 6.07 Å². The fourth-order valence-corrected chi connectivity index (χ4v) is 3.16. The maximum absolute atomic E-state index is 11.2. The van der Waals surface area contributed by atoms with Crippen LogP contribution in [-0.4, -0.2) is 34.3 Å². The third-order valence-corrected chi connectivity index (χ3v) is 4.57. The summed E-state index contributed by atoms with van der Waals surface area (Å²) in [4.78, 5) is 15.7. The van der Waals surface area contributed by atoms with Gasteiger partial charge < -0.3 is 9.47 Å². The Morgan fingerprint density at radius 1 is 1.15 bits per heavy atom. The molecule has 0 saturated carbocycles. The van der Waals surface area contributed by atoms with Crippen molar-refractivity contribution in [1.82, 2.24) is 15.2 Å². The summed E-state index contributed by atoms with van der Waals surface area (Å²) in [6.07, 6.45) is 0. The first-order valence-electron chi connectivity index (χ1n) is 7.59. The Labute approximate surface area is 153 Å². The number of hydrogen-bond donors (Lipinski definition) is 1. The van der Waals surface area contributed by atoms with Crippen LogP contribution >= 0.6 is 11.8 Å². The second kappa shape index (κ2) is 7.44. The molecule has 1 heterocycles. The molecule has 2 aromatic carbocycles. The molecular formula is C17H16N4O4S. The van der Waals surface area contributed by atoms with Crippen molar-refractivity contribution in [2.24, 2.45) is 0 Å². The van der Waals surface area contributed by atoms with Crippen molar-refractivity contribution in [1.29, 1.82) is 0 Å². The first-order valence-corrected chi connectivity index (χ1v) is 8.41. The molecule has 0 bridgehead atoms. The van der Waals surface area contributed by atoms with Crippen LogP contribution in [0.5, 0.6) is 11.5 Å². The Morgan fingerprint density at radius 3 is 2.65 bits per heavy atom. The largest absolute Gasteiger partial charge is 0.497 e. The van der Waals surface area contributed by atoms with Crippen LogP contribution in [0.4, 0.5) is 5.69 Å². The number of aromatic amines is 1. The van der Waals surface area contributed by atoms with Crippen molar-refractivity contribution < 1.29 is 14.4 Å². The Kier molecular flexibility index (Phi) is 5.08. The van der Waals surface area contributed by atoms with Gasteiger partial charge in [-0.1, -0.05) is 6.07 Å². The summed E-state index contributed by atoms with van der Waals surface area (Å²) in [6, 6.07) is 10.4. The van der Waals surface area contributed by atoms with Gasteiger partial charge in [-0.2, -0.15) is 0 Å². The van der Waals surface area contributed by atoms with Crippen molar-refractivity contribution in [3.05, 3.63) is 52.1 Å². The van der Waals surface area contributed by atoms with Gasteiger partial charge in [0.2, 0.25) is 5.16 Å². The van der Waals surface area contributed by atoms with E-state index in [2.05, 4.69) is 15.2 Å². The molecule has 134 valence electrons. The number of nitrogens with one attached hydrogen (secondary N) is 1. The van der Waals surface area contributed by atoms with Gasteiger partial charge in [0.05, 0.1) is 29.6 Å². The fraction of sp³-hybridized carbons (Fsp3) is 0.176. The summed E-state index contributed by atoms with van der Waals surface area (Å²) in [7, 11) is 3.13. The predicted octanol–water partition coefficient (Wildman–Crippen LogP) is 3.86. The molecule has 0 aliphatic carbocycles. The van der Waals surface area contributed by atoms with Crippen molar-refractivity contribution in [3.8, 4) is 22.9 Å². The number of nitro groups is 1. The number of nitrogens with zero attached hydrogens (tertiary/aromatic N) is 3. The highest BCUT2D eigenvalue weighted by Crippen LogP contribution is 2.36. The number of aromatic nitrogens is 3. The van der Waals surface area contributed by atoms with E-state index >= 15 is 0 Å². The molecule has 26 heavy (non-hydrogen) atoms. The average Bonchev–Trinajstić information content (AvgIpc) is 3.10. The lowest BCUT2D eigenvalue weighted by atomic mass is 10.2. The summed E-state index contributed by atoms with van der Waals surface area (Å²) in [5.74, 6) is 1.75. The molecule has 0 saturated heterocycles. The second-order valence-electron chi connectivity index (χ2n) is 5.36. The molecule has 0 atom stereocenters. The van der Waals surface area contributed by atoms with Gasteiger partial charge in [-0.3, -0.25) is 15.2 Å². The molecule has 0 spiro atoms. The SMILES string of the molecule is COc1ccc(-c2nc(Sc3ccc(C)cc3[N+](=O)[O-])n[nH]2)c(OC)c1. The molecule has 0 radical (unpaired) electrons. The first-order chi connectivity index (χ1) is 12.5. The summed E-state index contributed by atoms with van der Waals surface area (Å²) >= 11 is 1.13. The summed E-state index contributed by atoms with van der Waals surface area (Å²) < 4.78 is 10.6. The van der Waals surface area contributed by atoms with E-state index in [1.54, 1.807) is 38.5 Å². The third-order valence-electron chi connectivity index (χ3n) is 3.64. The molecule has 8 nitrogen and oxygen atoms in total. The van der Waals surface area contributed by atoms with E-state index in [-0.39, 0.29) is 5.69 Å². The maximum atomic E-state index is 11.2. The smallest absolute Gasteiger partial charge is 0.283 e. The van der Waals surface area contributed by atoms with Crippen LogP contribution in [0.25, 0.3) is 11.4 Å². The zero-order valence-corrected chi connectivity index (χ0v) is 15.2. The second-order valence-corrected chi connectivity index (χ2v) is 6.37. The van der Waals surface area contributed by atoms with Crippen LogP contribution in [-0.2, 0) is 0 Å². The summed E-state index contributed by atoms with van der Waals surface area (Å²) in [6.45, 7) is 1.81. The van der Waals surface area contributed by atoms with Crippen LogP contribution in [0.2, 0.25) is 0 Å². The van der Waals surface area contributed by atoms with Gasteiger partial charge >= 0.3 is 0 Å². The van der Waals surface area contributed by atoms with Crippen molar-refractivity contribution in [2.45, 2.75) is 17.0 Å². The van der Waals surface area contributed by atoms with Crippen molar-refractivity contribution in [3.63, 3.8) is 0 Å². The van der Waals surface area contributed by atoms with E-state index in [1.807, 2.05) is 13.0 Å². The summed E-state index contributed by atoms with van der Waals surface area (Å²) in [5.41, 5.74) is 1.56. The minimum absolute atomic E-state index is 0.0309. The molecule has 0 aliphatic rings. The molecule has 0 aliphatic heterocycles. The van der Waals surface area contributed by atoms with Crippen LogP contribution in [0.3, 0.4) is 0 Å². The fourth-order valence-electron chi connectivity index (χ4n) is 2.36. The number of hydrogen-bond acceptors (Lipinski definition) is 7. The standard InChI is InChI=1S/C17H16N4O4S/c1-10-4-7-15(13(8-10)21(22)23)26-17-18-16(19-20-17)12-6-5-11(24-2)9-14(12)25-3/h4-9H,1-3H3,(H,18,19,20). The monoisotopic (exact) mass is 372 g/mol. The van der Waals surface area contributed by atoms with Gasteiger partial charge in [-0.15, -0.1) is 5.10 Å². The van der Waals surface area contributed by atoms with Gasteiger partial charge in [-0.25, -0.2) is 4.98 Å². The van der Waals surface area contributed by atoms with Crippen LogP contribution in [0, 0.1) is 17.0 Å². The number of aryl methyl sites for hydroxylation is 1. The quantitative estimate of drug-likeness (QED) is 0.517. The Bertz CT molecular complexity index is 958. The topological polar surface area (TPSA) is 103 Å². The van der Waals surface area contributed by atoms with Gasteiger partial charge in [0, 0.05) is 12.1 Å². The highest BCUT2D eigenvalue weighted by Gasteiger charge is 2.18. The van der Waals surface area contributed by atoms with Crippen molar-refractivity contribution in [2.75, 3.05) is 14.2 Å². The number of H-pyrrole nitrogens is 1. The van der Waals surface area contributed by atoms with Crippen LogP contribution in [0.15, 0.2) is 46.5 Å². The molecule has 0 fully saturated rings. The Morgan fingerprint density at radius 2 is 1.96 bits per heavy atom. The van der Waals surface area contributed by atoms with Gasteiger partial charge in [0.1, 0.15) is 11.5 Å². The number of rotatable bonds is 6. The number of nitro benzene ring substituents is 1. The maximum Gasteiger partial charge on any atom is 0.283 e. The van der Waals surface area contributed by atoms with E-state index < -0.39 is 4.92 Å². The number of benzene rings is 2. The zero-order valence-electron chi connectivity index (χ0n) is 14.3. The summed E-state index contributed by atoms with van der Waals surface area (Å²) in [5, 5.41) is 18.6.